The maximum Gasteiger partial charge on any atom is 0.155 e. The van der Waals surface area contributed by atoms with Crippen LogP contribution in [0.2, 0.25) is 5.15 Å². The second-order valence-electron chi connectivity index (χ2n) is 4.38. The van der Waals surface area contributed by atoms with Crippen LogP contribution in [0.3, 0.4) is 0 Å². The van der Waals surface area contributed by atoms with E-state index in [1.165, 1.54) is 5.56 Å². The number of nitrogens with zero attached hydrogens (tertiary/aromatic N) is 2. The van der Waals surface area contributed by atoms with Crippen molar-refractivity contribution in [3.05, 3.63) is 40.8 Å². The number of nitrogens with two attached hydrogens (primary N) is 1. The second-order valence-corrected chi connectivity index (χ2v) is 4.74. The van der Waals surface area contributed by atoms with Gasteiger partial charge in [-0.25, -0.2) is 4.98 Å². The molecule has 0 amide bonds. The molecule has 1 aromatic heterocycles. The molecule has 2 N–H and O–H groups in total. The van der Waals surface area contributed by atoms with E-state index < -0.39 is 0 Å². The number of aromatic nitrogens is 2. The summed E-state index contributed by atoms with van der Waals surface area (Å²) in [5.74, 6) is 0.799. The lowest BCUT2D eigenvalue weighted by Crippen LogP contribution is -2.05. The first kappa shape index (κ1) is 13.1. The van der Waals surface area contributed by atoms with E-state index in [0.717, 1.165) is 29.9 Å². The van der Waals surface area contributed by atoms with Crippen LogP contribution in [0.25, 0.3) is 11.3 Å². The topological polar surface area (TPSA) is 43.8 Å². The van der Waals surface area contributed by atoms with E-state index >= 15 is 0 Å². The number of halogens is 1. The summed E-state index contributed by atoms with van der Waals surface area (Å²) in [5, 5.41) is 0.515. The molecule has 4 heteroatoms. The molecule has 0 fully saturated rings. The quantitative estimate of drug-likeness (QED) is 0.921. The van der Waals surface area contributed by atoms with Gasteiger partial charge in [-0.1, -0.05) is 49.2 Å². The standard InChI is InChI=1S/C14H18ClN3/c1-3-4-10-5-7-11(8-6-10)13-14(15)17-12(9-16)18(13)2/h5-8H,3-4,9,16H2,1-2H3. The zero-order valence-corrected chi connectivity index (χ0v) is 11.5. The summed E-state index contributed by atoms with van der Waals surface area (Å²) in [6.45, 7) is 2.57. The Morgan fingerprint density at radius 1 is 1.28 bits per heavy atom. The molecule has 3 nitrogen and oxygen atoms in total. The highest BCUT2D eigenvalue weighted by molar-refractivity contribution is 6.32. The van der Waals surface area contributed by atoms with Crippen LogP contribution in [0.15, 0.2) is 24.3 Å². The molecule has 96 valence electrons. The molecule has 1 aromatic carbocycles. The van der Waals surface area contributed by atoms with Crippen molar-refractivity contribution in [1.29, 1.82) is 0 Å². The van der Waals surface area contributed by atoms with Gasteiger partial charge >= 0.3 is 0 Å². The largest absolute Gasteiger partial charge is 0.329 e. The van der Waals surface area contributed by atoms with Crippen LogP contribution >= 0.6 is 11.6 Å². The zero-order chi connectivity index (χ0) is 13.1. The molecule has 0 saturated heterocycles. The Kier molecular flexibility index (Phi) is 4.04. The lowest BCUT2D eigenvalue weighted by atomic mass is 10.1. The molecule has 1 heterocycles. The van der Waals surface area contributed by atoms with Crippen molar-refractivity contribution in [2.24, 2.45) is 12.8 Å². The first-order valence-corrected chi connectivity index (χ1v) is 6.55. The fourth-order valence-corrected chi connectivity index (χ4v) is 2.46. The number of rotatable bonds is 4. The SMILES string of the molecule is CCCc1ccc(-c2c(Cl)nc(CN)n2C)cc1. The van der Waals surface area contributed by atoms with Gasteiger partial charge in [0, 0.05) is 12.6 Å². The molecular formula is C14H18ClN3. The zero-order valence-electron chi connectivity index (χ0n) is 10.8. The Labute approximate surface area is 113 Å². The van der Waals surface area contributed by atoms with Crippen LogP contribution < -0.4 is 5.73 Å². The average Bonchev–Trinajstić information content (AvgIpc) is 2.66. The third-order valence-corrected chi connectivity index (χ3v) is 3.36. The molecule has 0 spiro atoms. The van der Waals surface area contributed by atoms with Crippen LogP contribution in [-0.4, -0.2) is 9.55 Å². The Morgan fingerprint density at radius 3 is 2.44 bits per heavy atom. The molecule has 2 aromatic rings. The summed E-state index contributed by atoms with van der Waals surface area (Å²) < 4.78 is 1.96. The fraction of sp³-hybridized carbons (Fsp3) is 0.357. The van der Waals surface area contributed by atoms with E-state index in [-0.39, 0.29) is 0 Å². The minimum Gasteiger partial charge on any atom is -0.329 e. The van der Waals surface area contributed by atoms with Gasteiger partial charge in [0.1, 0.15) is 5.82 Å². The van der Waals surface area contributed by atoms with Crippen LogP contribution in [-0.2, 0) is 20.0 Å². The molecule has 0 unspecified atom stereocenters. The van der Waals surface area contributed by atoms with Crippen molar-refractivity contribution in [3.8, 4) is 11.3 Å². The van der Waals surface area contributed by atoms with Gasteiger partial charge in [-0.15, -0.1) is 0 Å². The predicted molar refractivity (Wildman–Crippen MR) is 75.5 cm³/mol. The number of hydrogen-bond donors (Lipinski definition) is 1. The summed E-state index contributed by atoms with van der Waals surface area (Å²) in [6, 6.07) is 8.47. The van der Waals surface area contributed by atoms with Crippen molar-refractivity contribution in [2.45, 2.75) is 26.3 Å². The first-order chi connectivity index (χ1) is 8.67. The van der Waals surface area contributed by atoms with Crippen LogP contribution in [0.4, 0.5) is 0 Å². The normalized spacial score (nSPS) is 10.9. The second kappa shape index (κ2) is 5.55. The summed E-state index contributed by atoms with van der Waals surface area (Å²) in [5.41, 5.74) is 8.99. The summed E-state index contributed by atoms with van der Waals surface area (Å²) >= 11 is 6.18. The lowest BCUT2D eigenvalue weighted by molar-refractivity contribution is 0.799. The van der Waals surface area contributed by atoms with Gasteiger partial charge in [0.2, 0.25) is 0 Å². The van der Waals surface area contributed by atoms with E-state index in [1.807, 2.05) is 11.6 Å². The van der Waals surface area contributed by atoms with Crippen molar-refractivity contribution in [2.75, 3.05) is 0 Å². The van der Waals surface area contributed by atoms with E-state index in [0.29, 0.717) is 11.7 Å². The smallest absolute Gasteiger partial charge is 0.155 e. The van der Waals surface area contributed by atoms with E-state index in [2.05, 4.69) is 36.2 Å². The van der Waals surface area contributed by atoms with Crippen LogP contribution in [0.5, 0.6) is 0 Å². The van der Waals surface area contributed by atoms with Gasteiger partial charge in [0.15, 0.2) is 5.15 Å². The van der Waals surface area contributed by atoms with Crippen molar-refractivity contribution in [1.82, 2.24) is 9.55 Å². The van der Waals surface area contributed by atoms with Crippen molar-refractivity contribution in [3.63, 3.8) is 0 Å². The number of hydrogen-bond acceptors (Lipinski definition) is 2. The monoisotopic (exact) mass is 263 g/mol. The van der Waals surface area contributed by atoms with Gasteiger partial charge in [-0.2, -0.15) is 0 Å². The molecule has 0 aliphatic rings. The highest BCUT2D eigenvalue weighted by Gasteiger charge is 2.13. The van der Waals surface area contributed by atoms with Crippen molar-refractivity contribution >= 4 is 11.6 Å². The van der Waals surface area contributed by atoms with Gasteiger partial charge in [0.25, 0.3) is 0 Å². The Bertz CT molecular complexity index is 529. The first-order valence-electron chi connectivity index (χ1n) is 6.17. The van der Waals surface area contributed by atoms with Crippen LogP contribution in [0.1, 0.15) is 24.7 Å². The Balaban J connectivity index is 2.39. The number of imidazole rings is 1. The molecule has 0 aliphatic heterocycles. The molecule has 2 rings (SSSR count). The molecule has 0 saturated carbocycles. The highest BCUT2D eigenvalue weighted by atomic mass is 35.5. The van der Waals surface area contributed by atoms with E-state index in [4.69, 9.17) is 17.3 Å². The summed E-state index contributed by atoms with van der Waals surface area (Å²) in [6.07, 6.45) is 2.26. The fourth-order valence-electron chi connectivity index (χ4n) is 2.12. The number of aryl methyl sites for hydroxylation is 1. The third kappa shape index (κ3) is 2.42. The maximum atomic E-state index is 6.18. The highest BCUT2D eigenvalue weighted by Crippen LogP contribution is 2.28. The lowest BCUT2D eigenvalue weighted by Gasteiger charge is -2.06. The maximum absolute atomic E-state index is 6.18. The Hall–Kier alpha value is -1.32. The Morgan fingerprint density at radius 2 is 1.94 bits per heavy atom. The molecular weight excluding hydrogens is 246 g/mol. The molecule has 0 aliphatic carbocycles. The predicted octanol–water partition coefficient (Wildman–Crippen LogP) is 3.15. The van der Waals surface area contributed by atoms with E-state index in [1.54, 1.807) is 0 Å². The molecule has 0 bridgehead atoms. The van der Waals surface area contributed by atoms with Gasteiger partial charge in [0.05, 0.1) is 12.2 Å². The van der Waals surface area contributed by atoms with Gasteiger partial charge < -0.3 is 10.3 Å². The van der Waals surface area contributed by atoms with Crippen molar-refractivity contribution < 1.29 is 0 Å². The van der Waals surface area contributed by atoms with E-state index in [9.17, 15) is 0 Å². The molecule has 18 heavy (non-hydrogen) atoms. The average molecular weight is 264 g/mol. The van der Waals surface area contributed by atoms with Gasteiger partial charge in [-0.05, 0) is 12.0 Å². The number of benzene rings is 1. The van der Waals surface area contributed by atoms with Crippen LogP contribution in [0, 0.1) is 0 Å². The summed E-state index contributed by atoms with van der Waals surface area (Å²) in [4.78, 5) is 4.27. The minimum atomic E-state index is 0.393. The molecule has 0 atom stereocenters. The minimum absolute atomic E-state index is 0.393. The summed E-state index contributed by atoms with van der Waals surface area (Å²) in [7, 11) is 1.94. The molecule has 0 radical (unpaired) electrons. The van der Waals surface area contributed by atoms with Gasteiger partial charge in [-0.3, -0.25) is 0 Å². The third-order valence-electron chi connectivity index (χ3n) is 3.09.